The van der Waals surface area contributed by atoms with E-state index in [0.29, 0.717) is 26.0 Å². The molecule has 1 aromatic carbocycles. The lowest BCUT2D eigenvalue weighted by Crippen LogP contribution is -2.03. The molecule has 2 aliphatic heterocycles. The minimum atomic E-state index is 0.296. The van der Waals surface area contributed by atoms with Gasteiger partial charge < -0.3 is 14.2 Å². The molecule has 1 atom stereocenters. The third kappa shape index (κ3) is 3.18. The molecule has 4 heteroatoms. The highest BCUT2D eigenvalue weighted by atomic mass is 16.6. The molecule has 1 aromatic rings. The fourth-order valence-corrected chi connectivity index (χ4v) is 1.65. The van der Waals surface area contributed by atoms with Gasteiger partial charge in [0.25, 0.3) is 0 Å². The Morgan fingerprint density at radius 3 is 2.78 bits per heavy atom. The number of hydrogen-bond donors (Lipinski definition) is 0. The molecule has 0 bridgehead atoms. The van der Waals surface area contributed by atoms with Crippen LogP contribution in [0.25, 0.3) is 6.08 Å². The van der Waals surface area contributed by atoms with Crippen molar-refractivity contribution in [3.63, 3.8) is 0 Å². The van der Waals surface area contributed by atoms with Crippen LogP contribution in [0, 0.1) is 0 Å². The number of nitrogens with zero attached hydrogens (tertiary/aromatic N) is 1. The van der Waals surface area contributed by atoms with Crippen molar-refractivity contribution >= 4 is 11.8 Å². The molecule has 3 rings (SSSR count). The molecule has 4 nitrogen and oxygen atoms in total. The SMILES string of the molecule is C(=C\c1ccc(OCC2CO2)cc1)/C1=NCOC1. The van der Waals surface area contributed by atoms with Gasteiger partial charge in [-0.1, -0.05) is 18.2 Å². The summed E-state index contributed by atoms with van der Waals surface area (Å²) in [5, 5.41) is 0. The van der Waals surface area contributed by atoms with E-state index in [2.05, 4.69) is 4.99 Å². The van der Waals surface area contributed by atoms with Gasteiger partial charge in [0.05, 0.1) is 18.9 Å². The van der Waals surface area contributed by atoms with Crippen LogP contribution >= 0.6 is 0 Å². The molecule has 2 heterocycles. The fourth-order valence-electron chi connectivity index (χ4n) is 1.65. The highest BCUT2D eigenvalue weighted by Gasteiger charge is 2.22. The first-order valence-electron chi connectivity index (χ1n) is 6.04. The largest absolute Gasteiger partial charge is 0.491 e. The zero-order valence-corrected chi connectivity index (χ0v) is 10.0. The third-order valence-electron chi connectivity index (χ3n) is 2.80. The molecule has 0 amide bonds. The first kappa shape index (κ1) is 11.4. The molecule has 2 aliphatic rings. The maximum atomic E-state index is 5.57. The summed E-state index contributed by atoms with van der Waals surface area (Å²) in [7, 11) is 0. The Hall–Kier alpha value is -1.65. The molecule has 0 N–H and O–H groups in total. The third-order valence-corrected chi connectivity index (χ3v) is 2.80. The van der Waals surface area contributed by atoms with Crippen molar-refractivity contribution < 1.29 is 14.2 Å². The summed E-state index contributed by atoms with van der Waals surface area (Å²) in [6.07, 6.45) is 4.31. The summed E-state index contributed by atoms with van der Waals surface area (Å²) in [6, 6.07) is 7.98. The second-order valence-electron chi connectivity index (χ2n) is 4.30. The van der Waals surface area contributed by atoms with Crippen LogP contribution in [0.5, 0.6) is 5.75 Å². The predicted octanol–water partition coefficient (Wildman–Crippen LogP) is 1.91. The lowest BCUT2D eigenvalue weighted by molar-refractivity contribution is 0.202. The summed E-state index contributed by atoms with van der Waals surface area (Å²) >= 11 is 0. The van der Waals surface area contributed by atoms with Gasteiger partial charge in [-0.3, -0.25) is 4.99 Å². The van der Waals surface area contributed by atoms with Gasteiger partial charge in [-0.05, 0) is 23.8 Å². The van der Waals surface area contributed by atoms with Crippen LogP contribution in [0.2, 0.25) is 0 Å². The standard InChI is InChI=1S/C14H15NO3/c1(4-12-7-16-10-15-12)11-2-5-13(6-3-11)17-8-14-9-18-14/h1-6,14H,7-10H2/b4-1+. The van der Waals surface area contributed by atoms with Crippen LogP contribution in [0.1, 0.15) is 5.56 Å². The van der Waals surface area contributed by atoms with Crippen molar-refractivity contribution in [3.8, 4) is 5.75 Å². The summed E-state index contributed by atoms with van der Waals surface area (Å²) < 4.78 is 15.8. The Labute approximate surface area is 106 Å². The average molecular weight is 245 g/mol. The van der Waals surface area contributed by atoms with Gasteiger partial charge in [0.1, 0.15) is 25.2 Å². The molecule has 0 radical (unpaired) electrons. The van der Waals surface area contributed by atoms with E-state index in [9.17, 15) is 0 Å². The van der Waals surface area contributed by atoms with Crippen molar-refractivity contribution in [1.82, 2.24) is 0 Å². The maximum Gasteiger partial charge on any atom is 0.138 e. The van der Waals surface area contributed by atoms with E-state index >= 15 is 0 Å². The normalized spacial score (nSPS) is 22.2. The number of ether oxygens (including phenoxy) is 3. The summed E-state index contributed by atoms with van der Waals surface area (Å²) in [4.78, 5) is 4.19. The Balaban J connectivity index is 1.55. The van der Waals surface area contributed by atoms with Crippen molar-refractivity contribution in [2.75, 3.05) is 26.6 Å². The van der Waals surface area contributed by atoms with Crippen LogP contribution in [0.3, 0.4) is 0 Å². The van der Waals surface area contributed by atoms with E-state index in [-0.39, 0.29) is 0 Å². The van der Waals surface area contributed by atoms with E-state index < -0.39 is 0 Å². The average Bonchev–Trinajstić information content (AvgIpc) is 3.09. The molecule has 0 spiro atoms. The van der Waals surface area contributed by atoms with Gasteiger partial charge in [-0.25, -0.2) is 0 Å². The van der Waals surface area contributed by atoms with Gasteiger partial charge in [-0.15, -0.1) is 0 Å². The van der Waals surface area contributed by atoms with Crippen LogP contribution in [-0.4, -0.2) is 38.4 Å². The lowest BCUT2D eigenvalue weighted by Gasteiger charge is -2.03. The van der Waals surface area contributed by atoms with Crippen LogP contribution in [0.4, 0.5) is 0 Å². The maximum absolute atomic E-state index is 5.57. The van der Waals surface area contributed by atoms with Crippen LogP contribution < -0.4 is 4.74 Å². The molecule has 0 aliphatic carbocycles. The Morgan fingerprint density at radius 2 is 2.11 bits per heavy atom. The number of hydrogen-bond acceptors (Lipinski definition) is 4. The first-order valence-corrected chi connectivity index (χ1v) is 6.04. The minimum absolute atomic E-state index is 0.296. The van der Waals surface area contributed by atoms with Crippen molar-refractivity contribution in [2.24, 2.45) is 4.99 Å². The van der Waals surface area contributed by atoms with E-state index in [4.69, 9.17) is 14.2 Å². The van der Waals surface area contributed by atoms with Crippen molar-refractivity contribution in [2.45, 2.75) is 6.10 Å². The zero-order valence-electron chi connectivity index (χ0n) is 10.0. The van der Waals surface area contributed by atoms with Crippen molar-refractivity contribution in [1.29, 1.82) is 0 Å². The van der Waals surface area contributed by atoms with Gasteiger partial charge in [-0.2, -0.15) is 0 Å². The lowest BCUT2D eigenvalue weighted by atomic mass is 10.2. The molecule has 0 aromatic heterocycles. The Morgan fingerprint density at radius 1 is 1.28 bits per heavy atom. The fraction of sp³-hybridized carbons (Fsp3) is 0.357. The topological polar surface area (TPSA) is 43.3 Å². The van der Waals surface area contributed by atoms with Gasteiger partial charge in [0.2, 0.25) is 0 Å². The molecule has 1 unspecified atom stereocenters. The number of epoxide rings is 1. The number of aliphatic imine (C=N–C) groups is 1. The summed E-state index contributed by atoms with van der Waals surface area (Å²) in [6.45, 7) is 2.56. The van der Waals surface area contributed by atoms with E-state index in [1.807, 2.05) is 36.4 Å². The van der Waals surface area contributed by atoms with Crippen LogP contribution in [0.15, 0.2) is 35.3 Å². The van der Waals surface area contributed by atoms with E-state index in [0.717, 1.165) is 23.6 Å². The van der Waals surface area contributed by atoms with E-state index in [1.165, 1.54) is 0 Å². The highest BCUT2D eigenvalue weighted by Crippen LogP contribution is 2.16. The molecule has 18 heavy (non-hydrogen) atoms. The molecular weight excluding hydrogens is 230 g/mol. The summed E-state index contributed by atoms with van der Waals surface area (Å²) in [5.41, 5.74) is 2.11. The van der Waals surface area contributed by atoms with E-state index in [1.54, 1.807) is 0 Å². The molecular formula is C14H15NO3. The second-order valence-corrected chi connectivity index (χ2v) is 4.30. The number of rotatable bonds is 5. The number of benzene rings is 1. The quantitative estimate of drug-likeness (QED) is 0.744. The van der Waals surface area contributed by atoms with Gasteiger partial charge in [0.15, 0.2) is 0 Å². The zero-order chi connectivity index (χ0) is 12.2. The van der Waals surface area contributed by atoms with Crippen LogP contribution in [-0.2, 0) is 9.47 Å². The molecule has 94 valence electrons. The summed E-state index contributed by atoms with van der Waals surface area (Å²) in [5.74, 6) is 0.879. The smallest absolute Gasteiger partial charge is 0.138 e. The molecule has 0 saturated carbocycles. The van der Waals surface area contributed by atoms with Gasteiger partial charge in [0, 0.05) is 0 Å². The highest BCUT2D eigenvalue weighted by molar-refractivity contribution is 5.99. The minimum Gasteiger partial charge on any atom is -0.491 e. The Kier molecular flexibility index (Phi) is 3.39. The first-order chi connectivity index (χ1) is 8.90. The molecule has 1 fully saturated rings. The van der Waals surface area contributed by atoms with Gasteiger partial charge >= 0.3 is 0 Å². The Bertz CT molecular complexity index is 460. The monoisotopic (exact) mass is 245 g/mol. The predicted molar refractivity (Wildman–Crippen MR) is 69.0 cm³/mol. The molecule has 1 saturated heterocycles. The van der Waals surface area contributed by atoms with Crippen molar-refractivity contribution in [3.05, 3.63) is 35.9 Å². The second kappa shape index (κ2) is 5.33.